The van der Waals surface area contributed by atoms with Gasteiger partial charge < -0.3 is 10.1 Å². The molecule has 1 N–H and O–H groups in total. The van der Waals surface area contributed by atoms with E-state index in [1.165, 1.54) is 10.4 Å². The Kier molecular flexibility index (Phi) is 6.55. The van der Waals surface area contributed by atoms with Crippen molar-refractivity contribution in [1.29, 1.82) is 0 Å². The molecule has 4 heteroatoms. The van der Waals surface area contributed by atoms with Crippen molar-refractivity contribution in [2.24, 2.45) is 0 Å². The topological polar surface area (TPSA) is 21.3 Å². The number of hydrogen-bond acceptors (Lipinski definition) is 3. The molecule has 1 unspecified atom stereocenters. The second kappa shape index (κ2) is 8.42. The third-order valence-corrected chi connectivity index (χ3v) is 4.52. The molecule has 0 aliphatic carbocycles. The summed E-state index contributed by atoms with van der Waals surface area (Å²) in [6, 6.07) is 12.8. The zero-order valence-corrected chi connectivity index (χ0v) is 14.1. The molecule has 114 valence electrons. The molecule has 0 fully saturated rings. The molecule has 0 aliphatic heterocycles. The predicted molar refractivity (Wildman–Crippen MR) is 91.7 cm³/mol. The summed E-state index contributed by atoms with van der Waals surface area (Å²) in [4.78, 5) is 1.31. The minimum absolute atomic E-state index is 0.315. The average molecular weight is 324 g/mol. The van der Waals surface area contributed by atoms with Crippen LogP contribution in [0.4, 0.5) is 0 Å². The van der Waals surface area contributed by atoms with Crippen LogP contribution in [0, 0.1) is 0 Å². The van der Waals surface area contributed by atoms with Crippen molar-refractivity contribution in [2.75, 3.05) is 13.2 Å². The fourth-order valence-corrected chi connectivity index (χ4v) is 3.39. The maximum Gasteiger partial charge on any atom is 0.119 e. The number of hydrogen-bond donors (Lipinski definition) is 1. The SMILES string of the molecule is CCCNC(Cc1ccc(Cl)s1)c1ccc(OCC)cc1. The molecule has 1 aromatic heterocycles. The predicted octanol–water partition coefficient (Wildman–Crippen LogP) is 5.08. The van der Waals surface area contributed by atoms with E-state index >= 15 is 0 Å². The Morgan fingerprint density at radius 3 is 2.48 bits per heavy atom. The summed E-state index contributed by atoms with van der Waals surface area (Å²) in [5.41, 5.74) is 1.29. The quantitative estimate of drug-likeness (QED) is 0.731. The van der Waals surface area contributed by atoms with Crippen LogP contribution in [0.2, 0.25) is 4.34 Å². The van der Waals surface area contributed by atoms with Gasteiger partial charge in [-0.1, -0.05) is 30.7 Å². The molecule has 1 heterocycles. The van der Waals surface area contributed by atoms with E-state index in [4.69, 9.17) is 16.3 Å². The Morgan fingerprint density at radius 1 is 1.14 bits per heavy atom. The summed E-state index contributed by atoms with van der Waals surface area (Å²) in [5, 5.41) is 3.62. The van der Waals surface area contributed by atoms with Crippen LogP contribution in [0.25, 0.3) is 0 Å². The summed E-state index contributed by atoms with van der Waals surface area (Å²) in [5.74, 6) is 0.926. The lowest BCUT2D eigenvalue weighted by Crippen LogP contribution is -2.23. The average Bonchev–Trinajstić information content (AvgIpc) is 2.90. The molecule has 2 aromatic rings. The van der Waals surface area contributed by atoms with Gasteiger partial charge >= 0.3 is 0 Å². The lowest BCUT2D eigenvalue weighted by molar-refractivity contribution is 0.340. The standard InChI is InChI=1S/C17H22ClNOS/c1-3-11-19-16(12-15-9-10-17(18)21-15)13-5-7-14(8-6-13)20-4-2/h5-10,16,19H,3-4,11-12H2,1-2H3. The highest BCUT2D eigenvalue weighted by Crippen LogP contribution is 2.27. The first-order valence-corrected chi connectivity index (χ1v) is 8.62. The Hall–Kier alpha value is -1.03. The summed E-state index contributed by atoms with van der Waals surface area (Å²) < 4.78 is 6.36. The monoisotopic (exact) mass is 323 g/mol. The molecule has 21 heavy (non-hydrogen) atoms. The van der Waals surface area contributed by atoms with Gasteiger partial charge in [0.15, 0.2) is 0 Å². The Bertz CT molecular complexity index is 538. The first kappa shape index (κ1) is 16.3. The molecule has 0 amide bonds. The summed E-state index contributed by atoms with van der Waals surface area (Å²) in [6.07, 6.45) is 2.09. The van der Waals surface area contributed by atoms with Gasteiger partial charge in [-0.3, -0.25) is 0 Å². The molecule has 0 aliphatic rings. The third-order valence-electron chi connectivity index (χ3n) is 3.27. The minimum atomic E-state index is 0.315. The van der Waals surface area contributed by atoms with Crippen molar-refractivity contribution in [3.63, 3.8) is 0 Å². The second-order valence-electron chi connectivity index (χ2n) is 4.92. The van der Waals surface area contributed by atoms with Crippen LogP contribution >= 0.6 is 22.9 Å². The van der Waals surface area contributed by atoms with E-state index in [1.807, 2.05) is 25.1 Å². The van der Waals surface area contributed by atoms with Crippen molar-refractivity contribution in [2.45, 2.75) is 32.7 Å². The first-order chi connectivity index (χ1) is 10.2. The third kappa shape index (κ3) is 5.03. The van der Waals surface area contributed by atoms with Gasteiger partial charge in [0.25, 0.3) is 0 Å². The number of halogens is 1. The highest BCUT2D eigenvalue weighted by molar-refractivity contribution is 7.16. The second-order valence-corrected chi connectivity index (χ2v) is 6.72. The van der Waals surface area contributed by atoms with Crippen molar-refractivity contribution in [3.8, 4) is 5.75 Å². The highest BCUT2D eigenvalue weighted by atomic mass is 35.5. The van der Waals surface area contributed by atoms with Crippen molar-refractivity contribution in [3.05, 3.63) is 51.2 Å². The maximum absolute atomic E-state index is 6.03. The van der Waals surface area contributed by atoms with Gasteiger partial charge in [0.2, 0.25) is 0 Å². The van der Waals surface area contributed by atoms with Gasteiger partial charge in [0, 0.05) is 17.3 Å². The van der Waals surface area contributed by atoms with E-state index in [0.29, 0.717) is 12.6 Å². The van der Waals surface area contributed by atoms with Crippen LogP contribution in [-0.2, 0) is 6.42 Å². The largest absolute Gasteiger partial charge is 0.494 e. The molecule has 2 rings (SSSR count). The molecule has 1 atom stereocenters. The van der Waals surface area contributed by atoms with Crippen molar-refractivity contribution >= 4 is 22.9 Å². The minimum Gasteiger partial charge on any atom is -0.494 e. The van der Waals surface area contributed by atoms with E-state index < -0.39 is 0 Å². The Balaban J connectivity index is 2.10. The number of rotatable bonds is 8. The van der Waals surface area contributed by atoms with E-state index in [0.717, 1.165) is 29.5 Å². The summed E-state index contributed by atoms with van der Waals surface area (Å²) >= 11 is 7.69. The molecule has 2 nitrogen and oxygen atoms in total. The zero-order valence-electron chi connectivity index (χ0n) is 12.6. The van der Waals surface area contributed by atoms with E-state index in [-0.39, 0.29) is 0 Å². The Morgan fingerprint density at radius 2 is 1.90 bits per heavy atom. The molecule has 0 spiro atoms. The van der Waals surface area contributed by atoms with Gasteiger partial charge in [0.05, 0.1) is 10.9 Å². The van der Waals surface area contributed by atoms with Gasteiger partial charge in [-0.15, -0.1) is 11.3 Å². The summed E-state index contributed by atoms with van der Waals surface area (Å²) in [6.45, 7) is 5.89. The summed E-state index contributed by atoms with van der Waals surface area (Å²) in [7, 11) is 0. The lowest BCUT2D eigenvalue weighted by atomic mass is 10.0. The lowest BCUT2D eigenvalue weighted by Gasteiger charge is -2.19. The molecule has 0 saturated heterocycles. The van der Waals surface area contributed by atoms with Gasteiger partial charge in [-0.2, -0.15) is 0 Å². The van der Waals surface area contributed by atoms with Crippen LogP contribution in [0.3, 0.4) is 0 Å². The number of ether oxygens (including phenoxy) is 1. The van der Waals surface area contributed by atoms with E-state index in [2.05, 4.69) is 30.4 Å². The molecule has 1 aromatic carbocycles. The van der Waals surface area contributed by atoms with Gasteiger partial charge in [-0.05, 0) is 49.7 Å². The van der Waals surface area contributed by atoms with Crippen LogP contribution < -0.4 is 10.1 Å². The normalized spacial score (nSPS) is 12.3. The van der Waals surface area contributed by atoms with E-state index in [9.17, 15) is 0 Å². The first-order valence-electron chi connectivity index (χ1n) is 7.43. The number of nitrogens with one attached hydrogen (secondary N) is 1. The Labute approximate surface area is 136 Å². The molecular formula is C17H22ClNOS. The smallest absolute Gasteiger partial charge is 0.119 e. The fourth-order valence-electron chi connectivity index (χ4n) is 2.25. The fraction of sp³-hybridized carbons (Fsp3) is 0.412. The van der Waals surface area contributed by atoms with E-state index in [1.54, 1.807) is 11.3 Å². The van der Waals surface area contributed by atoms with Crippen molar-refractivity contribution < 1.29 is 4.74 Å². The van der Waals surface area contributed by atoms with Crippen LogP contribution in [0.15, 0.2) is 36.4 Å². The highest BCUT2D eigenvalue weighted by Gasteiger charge is 2.13. The molecule has 0 saturated carbocycles. The van der Waals surface area contributed by atoms with Crippen LogP contribution in [0.5, 0.6) is 5.75 Å². The van der Waals surface area contributed by atoms with Crippen LogP contribution in [0.1, 0.15) is 36.8 Å². The zero-order chi connectivity index (χ0) is 15.1. The maximum atomic E-state index is 6.03. The number of thiophene rings is 1. The number of benzene rings is 1. The molecule has 0 bridgehead atoms. The molecule has 0 radical (unpaired) electrons. The van der Waals surface area contributed by atoms with Crippen molar-refractivity contribution in [1.82, 2.24) is 5.32 Å². The van der Waals surface area contributed by atoms with Crippen LogP contribution in [-0.4, -0.2) is 13.2 Å². The molecular weight excluding hydrogens is 302 g/mol. The van der Waals surface area contributed by atoms with Gasteiger partial charge in [0.1, 0.15) is 5.75 Å². The van der Waals surface area contributed by atoms with Gasteiger partial charge in [-0.25, -0.2) is 0 Å².